The predicted molar refractivity (Wildman–Crippen MR) is 77.0 cm³/mol. The minimum atomic E-state index is -0.166. The molecule has 1 aliphatic heterocycles. The van der Waals surface area contributed by atoms with Crippen LogP contribution < -0.4 is 5.32 Å². The van der Waals surface area contributed by atoms with E-state index in [1.807, 2.05) is 23.1 Å². The summed E-state index contributed by atoms with van der Waals surface area (Å²) in [5, 5.41) is 2.55. The maximum atomic E-state index is 11.9. The van der Waals surface area contributed by atoms with Gasteiger partial charge >= 0.3 is 0 Å². The fraction of sp³-hybridized carbons (Fsp3) is 0.467. The molecule has 1 aromatic rings. The first kappa shape index (κ1) is 14.5. The summed E-state index contributed by atoms with van der Waals surface area (Å²) < 4.78 is 0. The Balaban J connectivity index is 1.75. The van der Waals surface area contributed by atoms with Crippen LogP contribution in [0.1, 0.15) is 12.5 Å². The number of carbonyl (C=O) groups is 2. The Morgan fingerprint density at radius 3 is 2.35 bits per heavy atom. The molecule has 20 heavy (non-hydrogen) atoms. The van der Waals surface area contributed by atoms with Crippen LogP contribution in [-0.4, -0.2) is 54.3 Å². The minimum absolute atomic E-state index is 0.000406. The molecule has 108 valence electrons. The van der Waals surface area contributed by atoms with Gasteiger partial charge in [0.2, 0.25) is 11.8 Å². The Labute approximate surface area is 119 Å². The van der Waals surface area contributed by atoms with Crippen LogP contribution in [-0.2, 0) is 16.1 Å². The first-order valence-corrected chi connectivity index (χ1v) is 6.93. The van der Waals surface area contributed by atoms with Crippen LogP contribution in [0.25, 0.3) is 0 Å². The molecule has 5 nitrogen and oxygen atoms in total. The highest BCUT2D eigenvalue weighted by atomic mass is 16.2. The molecule has 0 spiro atoms. The van der Waals surface area contributed by atoms with Gasteiger partial charge in [-0.25, -0.2) is 0 Å². The van der Waals surface area contributed by atoms with Gasteiger partial charge in [0.25, 0.3) is 0 Å². The standard InChI is InChI=1S/C15H21N3O2/c1-13(19)16-11-15(20)18-9-7-17(8-10-18)12-14-5-3-2-4-6-14/h2-6H,7-12H2,1H3,(H,16,19). The van der Waals surface area contributed by atoms with Gasteiger partial charge in [-0.1, -0.05) is 30.3 Å². The van der Waals surface area contributed by atoms with Gasteiger partial charge in [-0.05, 0) is 5.56 Å². The normalized spacial score (nSPS) is 15.9. The molecule has 0 radical (unpaired) electrons. The van der Waals surface area contributed by atoms with Crippen LogP contribution in [0.5, 0.6) is 0 Å². The molecule has 1 heterocycles. The summed E-state index contributed by atoms with van der Waals surface area (Å²) in [7, 11) is 0. The lowest BCUT2D eigenvalue weighted by Gasteiger charge is -2.34. The van der Waals surface area contributed by atoms with Crippen molar-refractivity contribution in [3.05, 3.63) is 35.9 Å². The number of amides is 2. The topological polar surface area (TPSA) is 52.7 Å². The van der Waals surface area contributed by atoms with Crippen molar-refractivity contribution in [3.63, 3.8) is 0 Å². The van der Waals surface area contributed by atoms with Gasteiger partial charge in [0.05, 0.1) is 6.54 Å². The Morgan fingerprint density at radius 2 is 1.75 bits per heavy atom. The number of carbonyl (C=O) groups excluding carboxylic acids is 2. The highest BCUT2D eigenvalue weighted by Gasteiger charge is 2.20. The number of benzene rings is 1. The van der Waals surface area contributed by atoms with E-state index in [0.29, 0.717) is 0 Å². The monoisotopic (exact) mass is 275 g/mol. The Hall–Kier alpha value is -1.88. The molecule has 0 atom stereocenters. The first-order valence-electron chi connectivity index (χ1n) is 6.93. The van der Waals surface area contributed by atoms with Crippen molar-refractivity contribution in [2.75, 3.05) is 32.7 Å². The molecule has 0 bridgehead atoms. The number of nitrogens with zero attached hydrogens (tertiary/aromatic N) is 2. The van der Waals surface area contributed by atoms with Crippen molar-refractivity contribution in [1.82, 2.24) is 15.1 Å². The zero-order valence-corrected chi connectivity index (χ0v) is 11.8. The average molecular weight is 275 g/mol. The van der Waals surface area contributed by atoms with E-state index in [9.17, 15) is 9.59 Å². The van der Waals surface area contributed by atoms with Crippen LogP contribution >= 0.6 is 0 Å². The zero-order valence-electron chi connectivity index (χ0n) is 11.8. The van der Waals surface area contributed by atoms with Crippen LogP contribution in [0.3, 0.4) is 0 Å². The van der Waals surface area contributed by atoms with E-state index >= 15 is 0 Å². The second-order valence-electron chi connectivity index (χ2n) is 5.05. The quantitative estimate of drug-likeness (QED) is 0.869. The minimum Gasteiger partial charge on any atom is -0.347 e. The fourth-order valence-corrected chi connectivity index (χ4v) is 2.31. The van der Waals surface area contributed by atoms with E-state index in [2.05, 4.69) is 22.3 Å². The molecule has 1 fully saturated rings. The third-order valence-electron chi connectivity index (χ3n) is 3.46. The number of hydrogen-bond donors (Lipinski definition) is 1. The fourth-order valence-electron chi connectivity index (χ4n) is 2.31. The van der Waals surface area contributed by atoms with Gasteiger partial charge in [-0.2, -0.15) is 0 Å². The van der Waals surface area contributed by atoms with E-state index in [4.69, 9.17) is 0 Å². The van der Waals surface area contributed by atoms with Gasteiger partial charge in [0, 0.05) is 39.6 Å². The summed E-state index contributed by atoms with van der Waals surface area (Å²) >= 11 is 0. The third kappa shape index (κ3) is 4.35. The van der Waals surface area contributed by atoms with Crippen LogP contribution in [0.15, 0.2) is 30.3 Å². The number of rotatable bonds is 4. The predicted octanol–water partition coefficient (Wildman–Crippen LogP) is 0.467. The van der Waals surface area contributed by atoms with Gasteiger partial charge in [0.15, 0.2) is 0 Å². The largest absolute Gasteiger partial charge is 0.347 e. The van der Waals surface area contributed by atoms with Gasteiger partial charge < -0.3 is 10.2 Å². The average Bonchev–Trinajstić information content (AvgIpc) is 2.46. The number of nitrogens with one attached hydrogen (secondary N) is 1. The molecule has 1 N–H and O–H groups in total. The summed E-state index contributed by atoms with van der Waals surface area (Å²) in [4.78, 5) is 26.8. The maximum Gasteiger partial charge on any atom is 0.242 e. The molecule has 0 unspecified atom stereocenters. The molecule has 2 amide bonds. The molecule has 1 aliphatic rings. The van der Waals surface area contributed by atoms with Gasteiger partial charge in [-0.3, -0.25) is 14.5 Å². The Bertz CT molecular complexity index is 453. The molecule has 0 saturated carbocycles. The maximum absolute atomic E-state index is 11.9. The molecule has 1 aromatic carbocycles. The van der Waals surface area contributed by atoms with Crippen molar-refractivity contribution in [3.8, 4) is 0 Å². The Morgan fingerprint density at radius 1 is 1.10 bits per heavy atom. The Kier molecular flexibility index (Phi) is 5.12. The highest BCUT2D eigenvalue weighted by Crippen LogP contribution is 2.08. The SMILES string of the molecule is CC(=O)NCC(=O)N1CCN(Cc2ccccc2)CC1. The van der Waals surface area contributed by atoms with Gasteiger partial charge in [0.1, 0.15) is 0 Å². The first-order chi connectivity index (χ1) is 9.65. The van der Waals surface area contributed by atoms with Gasteiger partial charge in [-0.15, -0.1) is 0 Å². The van der Waals surface area contributed by atoms with Crippen LogP contribution in [0, 0.1) is 0 Å². The molecule has 2 rings (SSSR count). The smallest absolute Gasteiger partial charge is 0.242 e. The summed E-state index contributed by atoms with van der Waals surface area (Å²) in [5.41, 5.74) is 1.30. The number of hydrogen-bond acceptors (Lipinski definition) is 3. The van der Waals surface area contributed by atoms with E-state index in [-0.39, 0.29) is 18.4 Å². The lowest BCUT2D eigenvalue weighted by atomic mass is 10.2. The van der Waals surface area contributed by atoms with Crippen molar-refractivity contribution < 1.29 is 9.59 Å². The lowest BCUT2D eigenvalue weighted by molar-refractivity contribution is -0.134. The summed E-state index contributed by atoms with van der Waals surface area (Å²) in [5.74, 6) is -0.166. The van der Waals surface area contributed by atoms with E-state index in [0.717, 1.165) is 32.7 Å². The van der Waals surface area contributed by atoms with Crippen molar-refractivity contribution in [1.29, 1.82) is 0 Å². The second kappa shape index (κ2) is 7.05. The molecule has 0 aromatic heterocycles. The second-order valence-corrected chi connectivity index (χ2v) is 5.05. The molecular weight excluding hydrogens is 254 g/mol. The highest BCUT2D eigenvalue weighted by molar-refractivity contribution is 5.83. The van der Waals surface area contributed by atoms with Crippen molar-refractivity contribution in [2.24, 2.45) is 0 Å². The summed E-state index contributed by atoms with van der Waals surface area (Å²) in [6.45, 7) is 5.66. The molecular formula is C15H21N3O2. The van der Waals surface area contributed by atoms with E-state index in [1.54, 1.807) is 0 Å². The van der Waals surface area contributed by atoms with Crippen LogP contribution in [0.4, 0.5) is 0 Å². The molecule has 1 saturated heterocycles. The zero-order chi connectivity index (χ0) is 14.4. The molecule has 5 heteroatoms. The van der Waals surface area contributed by atoms with Crippen LogP contribution in [0.2, 0.25) is 0 Å². The van der Waals surface area contributed by atoms with E-state index < -0.39 is 0 Å². The van der Waals surface area contributed by atoms with Crippen molar-refractivity contribution in [2.45, 2.75) is 13.5 Å². The van der Waals surface area contributed by atoms with E-state index in [1.165, 1.54) is 12.5 Å². The molecule has 0 aliphatic carbocycles. The van der Waals surface area contributed by atoms with Crippen molar-refractivity contribution >= 4 is 11.8 Å². The summed E-state index contributed by atoms with van der Waals surface area (Å²) in [6.07, 6.45) is 0. The third-order valence-corrected chi connectivity index (χ3v) is 3.46. The number of piperazine rings is 1. The summed E-state index contributed by atoms with van der Waals surface area (Å²) in [6, 6.07) is 10.3. The lowest BCUT2D eigenvalue weighted by Crippen LogP contribution is -2.50.